The van der Waals surface area contributed by atoms with Gasteiger partial charge in [-0.1, -0.05) is 0 Å². The lowest BCUT2D eigenvalue weighted by Crippen LogP contribution is -2.25. The summed E-state index contributed by atoms with van der Waals surface area (Å²) in [6.45, 7) is 0. The third kappa shape index (κ3) is 2.84. The molecule has 0 saturated heterocycles. The quantitative estimate of drug-likeness (QED) is 0.751. The second kappa shape index (κ2) is 6.00. The molecule has 25 heavy (non-hydrogen) atoms. The highest BCUT2D eigenvalue weighted by atomic mass is 19.1. The standard InChI is InChI=1S/C16H15FN6O2/c17-9-6-20-15-13(14(18)22-23(15)8-9)16(24)21-11-7-19-5-4-12(11)25-10-2-1-3-10/h4-8,10H,1-3H2,(H2,18,22)(H,21,24). The average Bonchev–Trinajstić information content (AvgIpc) is 2.87. The first-order valence-electron chi connectivity index (χ1n) is 7.83. The Morgan fingerprint density at radius 3 is 3.00 bits per heavy atom. The van der Waals surface area contributed by atoms with Gasteiger partial charge in [0.15, 0.2) is 17.3 Å². The number of aromatic nitrogens is 4. The zero-order chi connectivity index (χ0) is 17.4. The number of nitrogen functional groups attached to an aromatic ring is 1. The van der Waals surface area contributed by atoms with Crippen LogP contribution in [0.2, 0.25) is 0 Å². The highest BCUT2D eigenvalue weighted by Gasteiger charge is 2.23. The summed E-state index contributed by atoms with van der Waals surface area (Å²) in [5, 5.41) is 6.63. The Labute approximate surface area is 141 Å². The van der Waals surface area contributed by atoms with Gasteiger partial charge in [-0.3, -0.25) is 9.78 Å². The maximum Gasteiger partial charge on any atom is 0.263 e. The van der Waals surface area contributed by atoms with Gasteiger partial charge in [-0.15, -0.1) is 5.10 Å². The molecule has 0 atom stereocenters. The van der Waals surface area contributed by atoms with Gasteiger partial charge in [-0.2, -0.15) is 0 Å². The van der Waals surface area contributed by atoms with E-state index in [1.807, 2.05) is 0 Å². The van der Waals surface area contributed by atoms with E-state index in [1.165, 1.54) is 6.20 Å². The Bertz CT molecular complexity index is 953. The first-order chi connectivity index (χ1) is 12.1. The smallest absolute Gasteiger partial charge is 0.263 e. The van der Waals surface area contributed by atoms with E-state index >= 15 is 0 Å². The second-order valence-corrected chi connectivity index (χ2v) is 5.80. The summed E-state index contributed by atoms with van der Waals surface area (Å²) in [4.78, 5) is 20.6. The summed E-state index contributed by atoms with van der Waals surface area (Å²) in [5.41, 5.74) is 6.47. The van der Waals surface area contributed by atoms with Crippen LogP contribution in [0, 0.1) is 5.82 Å². The minimum Gasteiger partial charge on any atom is -0.488 e. The summed E-state index contributed by atoms with van der Waals surface area (Å²) in [6, 6.07) is 1.70. The summed E-state index contributed by atoms with van der Waals surface area (Å²) in [7, 11) is 0. The van der Waals surface area contributed by atoms with Crippen molar-refractivity contribution >= 4 is 23.1 Å². The van der Waals surface area contributed by atoms with Crippen LogP contribution in [-0.2, 0) is 0 Å². The fourth-order valence-electron chi connectivity index (χ4n) is 2.58. The average molecular weight is 342 g/mol. The highest BCUT2D eigenvalue weighted by Crippen LogP contribution is 2.30. The number of hydrogen-bond donors (Lipinski definition) is 2. The number of anilines is 2. The molecule has 0 bridgehead atoms. The molecule has 0 unspecified atom stereocenters. The maximum absolute atomic E-state index is 13.2. The number of amides is 1. The molecule has 4 rings (SSSR count). The van der Waals surface area contributed by atoms with Crippen LogP contribution in [0.3, 0.4) is 0 Å². The molecule has 0 aromatic carbocycles. The first kappa shape index (κ1) is 15.3. The molecule has 1 aliphatic carbocycles. The van der Waals surface area contributed by atoms with Gasteiger partial charge in [0.25, 0.3) is 5.91 Å². The van der Waals surface area contributed by atoms with Gasteiger partial charge in [0.1, 0.15) is 17.0 Å². The predicted octanol–water partition coefficient (Wildman–Crippen LogP) is 2.03. The van der Waals surface area contributed by atoms with E-state index in [9.17, 15) is 9.18 Å². The molecule has 3 heterocycles. The molecule has 1 saturated carbocycles. The predicted molar refractivity (Wildman–Crippen MR) is 87.8 cm³/mol. The molecule has 1 fully saturated rings. The lowest BCUT2D eigenvalue weighted by Gasteiger charge is -2.27. The van der Waals surface area contributed by atoms with E-state index in [4.69, 9.17) is 10.5 Å². The van der Waals surface area contributed by atoms with Gasteiger partial charge in [0.2, 0.25) is 0 Å². The van der Waals surface area contributed by atoms with Crippen LogP contribution in [0.15, 0.2) is 30.9 Å². The van der Waals surface area contributed by atoms with Crippen molar-refractivity contribution in [2.45, 2.75) is 25.4 Å². The number of pyridine rings is 1. The van der Waals surface area contributed by atoms with Gasteiger partial charge < -0.3 is 15.8 Å². The van der Waals surface area contributed by atoms with E-state index in [1.54, 1.807) is 12.3 Å². The summed E-state index contributed by atoms with van der Waals surface area (Å²) in [6.07, 6.45) is 8.48. The highest BCUT2D eigenvalue weighted by molar-refractivity contribution is 6.11. The van der Waals surface area contributed by atoms with Gasteiger partial charge in [0, 0.05) is 12.3 Å². The van der Waals surface area contributed by atoms with Crippen LogP contribution in [0.4, 0.5) is 15.9 Å². The third-order valence-electron chi connectivity index (χ3n) is 4.07. The first-order valence-corrected chi connectivity index (χ1v) is 7.83. The van der Waals surface area contributed by atoms with E-state index in [2.05, 4.69) is 20.4 Å². The van der Waals surface area contributed by atoms with Crippen molar-refractivity contribution < 1.29 is 13.9 Å². The topological polar surface area (TPSA) is 107 Å². The van der Waals surface area contributed by atoms with Crippen LogP contribution < -0.4 is 15.8 Å². The molecule has 1 amide bonds. The molecule has 1 aliphatic rings. The number of hydrogen-bond acceptors (Lipinski definition) is 6. The van der Waals surface area contributed by atoms with Crippen LogP contribution >= 0.6 is 0 Å². The van der Waals surface area contributed by atoms with Crippen molar-refractivity contribution in [1.82, 2.24) is 19.6 Å². The van der Waals surface area contributed by atoms with Crippen molar-refractivity contribution in [3.63, 3.8) is 0 Å². The number of carbonyl (C=O) groups is 1. The zero-order valence-electron chi connectivity index (χ0n) is 13.1. The zero-order valence-corrected chi connectivity index (χ0v) is 13.1. The molecule has 0 radical (unpaired) electrons. The summed E-state index contributed by atoms with van der Waals surface area (Å²) in [5.74, 6) is -0.591. The molecule has 3 aromatic rings. The number of nitrogens with one attached hydrogen (secondary N) is 1. The fourth-order valence-corrected chi connectivity index (χ4v) is 2.58. The largest absolute Gasteiger partial charge is 0.488 e. The number of ether oxygens (including phenoxy) is 1. The Morgan fingerprint density at radius 1 is 1.40 bits per heavy atom. The number of fused-ring (bicyclic) bond motifs is 1. The lowest BCUT2D eigenvalue weighted by atomic mass is 9.96. The Morgan fingerprint density at radius 2 is 2.24 bits per heavy atom. The molecule has 9 heteroatoms. The van der Waals surface area contributed by atoms with E-state index in [-0.39, 0.29) is 23.1 Å². The normalized spacial score (nSPS) is 14.3. The molecule has 3 aromatic heterocycles. The number of carbonyl (C=O) groups excluding carboxylic acids is 1. The van der Waals surface area contributed by atoms with Crippen LogP contribution in [0.1, 0.15) is 29.6 Å². The molecular formula is C16H15FN6O2. The van der Waals surface area contributed by atoms with Gasteiger partial charge in [-0.05, 0) is 19.3 Å². The molecule has 0 spiro atoms. The molecule has 0 aliphatic heterocycles. The lowest BCUT2D eigenvalue weighted by molar-refractivity contribution is 0.102. The minimum absolute atomic E-state index is 0.0408. The monoisotopic (exact) mass is 342 g/mol. The fraction of sp³-hybridized carbons (Fsp3) is 0.250. The number of halogens is 1. The minimum atomic E-state index is -0.578. The molecule has 8 nitrogen and oxygen atoms in total. The molecule has 128 valence electrons. The summed E-state index contributed by atoms with van der Waals surface area (Å²) >= 11 is 0. The van der Waals surface area contributed by atoms with E-state index in [0.29, 0.717) is 11.4 Å². The van der Waals surface area contributed by atoms with Crippen molar-refractivity contribution in [3.8, 4) is 5.75 Å². The third-order valence-corrected chi connectivity index (χ3v) is 4.07. The number of nitrogens with two attached hydrogens (primary N) is 1. The van der Waals surface area contributed by atoms with Gasteiger partial charge in [-0.25, -0.2) is 13.9 Å². The molecular weight excluding hydrogens is 327 g/mol. The molecule has 3 N–H and O–H groups in total. The van der Waals surface area contributed by atoms with Crippen molar-refractivity contribution in [2.24, 2.45) is 0 Å². The Hall–Kier alpha value is -3.23. The van der Waals surface area contributed by atoms with Crippen molar-refractivity contribution in [3.05, 3.63) is 42.2 Å². The second-order valence-electron chi connectivity index (χ2n) is 5.80. The van der Waals surface area contributed by atoms with Crippen LogP contribution in [0.25, 0.3) is 5.65 Å². The van der Waals surface area contributed by atoms with Gasteiger partial charge >= 0.3 is 0 Å². The maximum atomic E-state index is 13.2. The van der Waals surface area contributed by atoms with Crippen LogP contribution in [-0.4, -0.2) is 31.6 Å². The van der Waals surface area contributed by atoms with Crippen molar-refractivity contribution in [1.29, 1.82) is 0 Å². The summed E-state index contributed by atoms with van der Waals surface area (Å²) < 4.78 is 20.2. The van der Waals surface area contributed by atoms with E-state index in [0.717, 1.165) is 36.2 Å². The Kier molecular flexibility index (Phi) is 3.68. The van der Waals surface area contributed by atoms with Crippen LogP contribution in [0.5, 0.6) is 5.75 Å². The van der Waals surface area contributed by atoms with Gasteiger partial charge in [0.05, 0.1) is 24.7 Å². The van der Waals surface area contributed by atoms with E-state index < -0.39 is 11.7 Å². The Balaban J connectivity index is 1.63. The SMILES string of the molecule is Nc1nn2cc(F)cnc2c1C(=O)Nc1cnccc1OC1CCC1. The number of nitrogens with zero attached hydrogens (tertiary/aromatic N) is 4. The van der Waals surface area contributed by atoms with Crippen molar-refractivity contribution in [2.75, 3.05) is 11.1 Å². The number of rotatable bonds is 4.